The van der Waals surface area contributed by atoms with Gasteiger partial charge >= 0.3 is 6.18 Å². The van der Waals surface area contributed by atoms with Gasteiger partial charge in [0.2, 0.25) is 5.88 Å². The smallest absolute Gasteiger partial charge is 0.433 e. The maximum Gasteiger partial charge on any atom is 0.433 e. The van der Waals surface area contributed by atoms with Crippen molar-refractivity contribution >= 4 is 5.91 Å². The lowest BCUT2D eigenvalue weighted by Gasteiger charge is -2.32. The van der Waals surface area contributed by atoms with Gasteiger partial charge in [0.15, 0.2) is 0 Å². The van der Waals surface area contributed by atoms with E-state index in [4.69, 9.17) is 4.74 Å². The monoisotopic (exact) mass is 380 g/mol. The zero-order valence-corrected chi connectivity index (χ0v) is 15.0. The average molecular weight is 380 g/mol. The topological polar surface area (TPSA) is 68.2 Å². The van der Waals surface area contributed by atoms with Gasteiger partial charge in [0.1, 0.15) is 17.6 Å². The van der Waals surface area contributed by atoms with Gasteiger partial charge in [-0.15, -0.1) is 0 Å². The van der Waals surface area contributed by atoms with Gasteiger partial charge in [0.05, 0.1) is 5.56 Å². The lowest BCUT2D eigenvalue weighted by molar-refractivity contribution is -0.141. The molecule has 144 valence electrons. The number of aromatic nitrogens is 3. The Labute approximate surface area is 154 Å². The molecule has 3 rings (SSSR count). The van der Waals surface area contributed by atoms with E-state index in [9.17, 15) is 18.0 Å². The maximum absolute atomic E-state index is 12.6. The second-order valence-electron chi connectivity index (χ2n) is 6.43. The first kappa shape index (κ1) is 19.1. The van der Waals surface area contributed by atoms with Gasteiger partial charge in [-0.2, -0.15) is 18.2 Å². The number of piperidine rings is 1. The van der Waals surface area contributed by atoms with Crippen LogP contribution in [0.5, 0.6) is 5.88 Å². The Hall–Kier alpha value is -2.71. The minimum atomic E-state index is -4.52. The highest BCUT2D eigenvalue weighted by atomic mass is 19.4. The number of halogens is 3. The van der Waals surface area contributed by atoms with Crippen LogP contribution in [0.1, 0.15) is 40.4 Å². The zero-order chi connectivity index (χ0) is 19.6. The molecule has 27 heavy (non-hydrogen) atoms. The van der Waals surface area contributed by atoms with E-state index < -0.39 is 11.9 Å². The van der Waals surface area contributed by atoms with E-state index in [1.165, 1.54) is 0 Å². The third-order valence-corrected chi connectivity index (χ3v) is 4.26. The molecule has 1 fully saturated rings. The normalized spacial score (nSPS) is 15.7. The van der Waals surface area contributed by atoms with Gasteiger partial charge in [-0.05, 0) is 26.0 Å². The molecular formula is C18H19F3N4O2. The predicted octanol–water partition coefficient (Wildman–Crippen LogP) is 3.19. The summed E-state index contributed by atoms with van der Waals surface area (Å²) >= 11 is 0. The molecule has 0 bridgehead atoms. The number of carbonyl (C=O) groups excluding carboxylic acids is 1. The van der Waals surface area contributed by atoms with Crippen LogP contribution in [0.4, 0.5) is 13.2 Å². The lowest BCUT2D eigenvalue weighted by atomic mass is 10.1. The van der Waals surface area contributed by atoms with Crippen molar-refractivity contribution in [3.63, 3.8) is 0 Å². The van der Waals surface area contributed by atoms with Crippen LogP contribution in [-0.2, 0) is 6.18 Å². The molecule has 0 atom stereocenters. The van der Waals surface area contributed by atoms with Crippen molar-refractivity contribution in [2.24, 2.45) is 0 Å². The van der Waals surface area contributed by atoms with Crippen molar-refractivity contribution in [2.75, 3.05) is 13.1 Å². The number of aryl methyl sites for hydroxylation is 2. The number of carbonyl (C=O) groups is 1. The molecule has 0 radical (unpaired) electrons. The Balaban J connectivity index is 1.57. The van der Waals surface area contributed by atoms with E-state index in [1.54, 1.807) is 17.9 Å². The molecule has 3 heterocycles. The van der Waals surface area contributed by atoms with Crippen molar-refractivity contribution in [3.8, 4) is 5.88 Å². The molecule has 0 saturated carbocycles. The molecule has 1 aliphatic rings. The van der Waals surface area contributed by atoms with Crippen LogP contribution in [0.25, 0.3) is 0 Å². The Morgan fingerprint density at radius 1 is 1.19 bits per heavy atom. The SMILES string of the molecule is Cc1cc(OC2CCN(C(=O)c3ccc(C(F)(F)F)nc3)CC2)nc(C)n1. The van der Waals surface area contributed by atoms with Gasteiger partial charge in [0, 0.05) is 43.9 Å². The minimum Gasteiger partial charge on any atom is -0.474 e. The molecule has 2 aromatic heterocycles. The largest absolute Gasteiger partial charge is 0.474 e. The van der Waals surface area contributed by atoms with Crippen molar-refractivity contribution in [3.05, 3.63) is 47.2 Å². The van der Waals surface area contributed by atoms with E-state index in [0.29, 0.717) is 37.6 Å². The van der Waals surface area contributed by atoms with Crippen LogP contribution in [0, 0.1) is 13.8 Å². The van der Waals surface area contributed by atoms with Gasteiger partial charge in [-0.25, -0.2) is 4.98 Å². The van der Waals surface area contributed by atoms with Crippen LogP contribution in [-0.4, -0.2) is 45.0 Å². The van der Waals surface area contributed by atoms with Gasteiger partial charge in [-0.3, -0.25) is 9.78 Å². The van der Waals surface area contributed by atoms with Crippen molar-refractivity contribution in [1.29, 1.82) is 0 Å². The van der Waals surface area contributed by atoms with Crippen LogP contribution in [0.2, 0.25) is 0 Å². The van der Waals surface area contributed by atoms with Gasteiger partial charge in [-0.1, -0.05) is 0 Å². The Bertz CT molecular complexity index is 796. The first-order chi connectivity index (χ1) is 12.7. The number of amides is 1. The van der Waals surface area contributed by atoms with Crippen LogP contribution in [0.3, 0.4) is 0 Å². The van der Waals surface area contributed by atoms with Crippen LogP contribution < -0.4 is 4.74 Å². The molecule has 0 spiro atoms. The van der Waals surface area contributed by atoms with Gasteiger partial charge in [0.25, 0.3) is 5.91 Å². The van der Waals surface area contributed by atoms with E-state index in [2.05, 4.69) is 15.0 Å². The number of likely N-dealkylation sites (tertiary alicyclic amines) is 1. The number of nitrogens with zero attached hydrogens (tertiary/aromatic N) is 4. The van der Waals surface area contributed by atoms with Crippen molar-refractivity contribution in [1.82, 2.24) is 19.9 Å². The molecular weight excluding hydrogens is 361 g/mol. The van der Waals surface area contributed by atoms with Crippen LogP contribution in [0.15, 0.2) is 24.4 Å². The molecule has 6 nitrogen and oxygen atoms in total. The number of rotatable bonds is 3. The molecule has 0 aliphatic carbocycles. The van der Waals surface area contributed by atoms with E-state index >= 15 is 0 Å². The molecule has 0 aromatic carbocycles. The molecule has 1 saturated heterocycles. The fraction of sp³-hybridized carbons (Fsp3) is 0.444. The number of hydrogen-bond donors (Lipinski definition) is 0. The number of alkyl halides is 3. The summed E-state index contributed by atoms with van der Waals surface area (Å²) in [5.41, 5.74) is -0.0501. The summed E-state index contributed by atoms with van der Waals surface area (Å²) in [6.07, 6.45) is -2.40. The summed E-state index contributed by atoms with van der Waals surface area (Å²) in [7, 11) is 0. The fourth-order valence-corrected chi connectivity index (χ4v) is 2.96. The third-order valence-electron chi connectivity index (χ3n) is 4.26. The summed E-state index contributed by atoms with van der Waals surface area (Å²) in [6, 6.07) is 3.74. The fourth-order valence-electron chi connectivity index (χ4n) is 2.96. The average Bonchev–Trinajstić information content (AvgIpc) is 2.60. The highest BCUT2D eigenvalue weighted by Gasteiger charge is 2.32. The molecule has 1 aliphatic heterocycles. The molecule has 1 amide bonds. The van der Waals surface area contributed by atoms with E-state index in [0.717, 1.165) is 24.0 Å². The second-order valence-corrected chi connectivity index (χ2v) is 6.43. The quantitative estimate of drug-likeness (QED) is 0.818. The number of pyridine rings is 1. The standard InChI is InChI=1S/C18H19F3N4O2/c1-11-9-16(24-12(2)23-11)27-14-5-7-25(8-6-14)17(26)13-3-4-15(22-10-13)18(19,20)21/h3-4,9-10,14H,5-8H2,1-2H3. The minimum absolute atomic E-state index is 0.0755. The molecule has 2 aromatic rings. The Morgan fingerprint density at radius 3 is 2.44 bits per heavy atom. The van der Waals surface area contributed by atoms with E-state index in [1.807, 2.05) is 6.92 Å². The summed E-state index contributed by atoms with van der Waals surface area (Å²) in [5.74, 6) is 0.813. The zero-order valence-electron chi connectivity index (χ0n) is 15.0. The molecule has 0 N–H and O–H groups in total. The maximum atomic E-state index is 12.6. The second kappa shape index (κ2) is 7.50. The number of hydrogen-bond acceptors (Lipinski definition) is 5. The first-order valence-corrected chi connectivity index (χ1v) is 8.54. The predicted molar refractivity (Wildman–Crippen MR) is 90.3 cm³/mol. The van der Waals surface area contributed by atoms with Gasteiger partial charge < -0.3 is 9.64 Å². The van der Waals surface area contributed by atoms with Crippen molar-refractivity contribution in [2.45, 2.75) is 39.0 Å². The highest BCUT2D eigenvalue weighted by Crippen LogP contribution is 2.27. The molecule has 9 heteroatoms. The lowest BCUT2D eigenvalue weighted by Crippen LogP contribution is -2.42. The highest BCUT2D eigenvalue weighted by molar-refractivity contribution is 5.94. The Kier molecular flexibility index (Phi) is 5.29. The summed E-state index contributed by atoms with van der Waals surface area (Å²) in [5, 5.41) is 0. The summed E-state index contributed by atoms with van der Waals surface area (Å²) < 4.78 is 43.6. The van der Waals surface area contributed by atoms with Crippen molar-refractivity contribution < 1.29 is 22.7 Å². The Morgan fingerprint density at radius 2 is 1.89 bits per heavy atom. The molecule has 0 unspecified atom stereocenters. The van der Waals surface area contributed by atoms with Crippen LogP contribution >= 0.6 is 0 Å². The van der Waals surface area contributed by atoms with E-state index in [-0.39, 0.29) is 17.6 Å². The first-order valence-electron chi connectivity index (χ1n) is 8.54. The number of ether oxygens (including phenoxy) is 1. The summed E-state index contributed by atoms with van der Waals surface area (Å²) in [4.78, 5) is 25.8. The summed E-state index contributed by atoms with van der Waals surface area (Å²) in [6.45, 7) is 4.56. The third kappa shape index (κ3) is 4.72.